The molecule has 0 amide bonds. The van der Waals surface area contributed by atoms with Crippen molar-refractivity contribution in [2.45, 2.75) is 23.9 Å². The van der Waals surface area contributed by atoms with Crippen molar-refractivity contribution in [2.75, 3.05) is 38.7 Å². The van der Waals surface area contributed by atoms with Gasteiger partial charge in [0.1, 0.15) is 0 Å². The topological polar surface area (TPSA) is 84.0 Å². The lowest BCUT2D eigenvalue weighted by atomic mass is 10.1. The summed E-state index contributed by atoms with van der Waals surface area (Å²) in [6, 6.07) is 7.93. The van der Waals surface area contributed by atoms with Crippen LogP contribution >= 0.6 is 0 Å². The summed E-state index contributed by atoms with van der Waals surface area (Å²) < 4.78 is 69.8. The van der Waals surface area contributed by atoms with E-state index >= 15 is 0 Å². The molecule has 2 aromatic rings. The number of anilines is 1. The minimum atomic E-state index is -4.62. The SMILES string of the molecule is CN(C)S(=O)(=O)c1ccc(N2CCCC2)c(C(=O)OCC(=O)c2cccc(C(F)(F)F)c2)c1. The largest absolute Gasteiger partial charge is 0.454 e. The van der Waals surface area contributed by atoms with Crippen LogP contribution in [0.1, 0.15) is 39.1 Å². The molecule has 0 aromatic heterocycles. The van der Waals surface area contributed by atoms with E-state index in [-0.39, 0.29) is 16.0 Å². The van der Waals surface area contributed by atoms with E-state index in [0.717, 1.165) is 29.3 Å². The van der Waals surface area contributed by atoms with Crippen LogP contribution in [0.15, 0.2) is 47.4 Å². The summed E-state index contributed by atoms with van der Waals surface area (Å²) in [4.78, 5) is 27.0. The second-order valence-corrected chi connectivity index (χ2v) is 9.89. The van der Waals surface area contributed by atoms with Gasteiger partial charge in [-0.2, -0.15) is 13.2 Å². The third-order valence-electron chi connectivity index (χ3n) is 5.26. The molecule has 7 nitrogen and oxygen atoms in total. The van der Waals surface area contributed by atoms with Gasteiger partial charge in [-0.3, -0.25) is 4.79 Å². The van der Waals surface area contributed by atoms with Gasteiger partial charge in [0.15, 0.2) is 12.4 Å². The smallest absolute Gasteiger partial charge is 0.416 e. The lowest BCUT2D eigenvalue weighted by Crippen LogP contribution is -2.25. The van der Waals surface area contributed by atoms with Crippen LogP contribution in [0.2, 0.25) is 0 Å². The molecule has 0 saturated carbocycles. The van der Waals surface area contributed by atoms with E-state index in [2.05, 4.69) is 0 Å². The van der Waals surface area contributed by atoms with E-state index in [1.165, 1.54) is 38.4 Å². The highest BCUT2D eigenvalue weighted by atomic mass is 32.2. The molecule has 1 fully saturated rings. The Hall–Kier alpha value is -2.92. The Bertz CT molecular complexity index is 1160. The normalized spacial score (nSPS) is 14.5. The lowest BCUT2D eigenvalue weighted by molar-refractivity contribution is -0.137. The summed E-state index contributed by atoms with van der Waals surface area (Å²) in [7, 11) is -1.12. The molecule has 178 valence electrons. The Kier molecular flexibility index (Phi) is 7.13. The zero-order chi connectivity index (χ0) is 24.4. The number of ketones is 1. The van der Waals surface area contributed by atoms with Crippen molar-refractivity contribution in [1.82, 2.24) is 4.31 Å². The minimum absolute atomic E-state index is 0.0309. The van der Waals surface area contributed by atoms with Gasteiger partial charge < -0.3 is 9.64 Å². The van der Waals surface area contributed by atoms with Crippen molar-refractivity contribution >= 4 is 27.5 Å². The Labute approximate surface area is 189 Å². The Morgan fingerprint density at radius 3 is 2.33 bits per heavy atom. The van der Waals surface area contributed by atoms with Crippen molar-refractivity contribution in [3.8, 4) is 0 Å². The summed E-state index contributed by atoms with van der Waals surface area (Å²) in [6.07, 6.45) is -2.81. The number of halogens is 3. The van der Waals surface area contributed by atoms with Gasteiger partial charge in [0.2, 0.25) is 10.0 Å². The van der Waals surface area contributed by atoms with Crippen molar-refractivity contribution < 1.29 is 35.9 Å². The Balaban J connectivity index is 1.85. The lowest BCUT2D eigenvalue weighted by Gasteiger charge is -2.22. The van der Waals surface area contributed by atoms with Crippen LogP contribution in [-0.4, -0.2) is 58.3 Å². The van der Waals surface area contributed by atoms with E-state index in [9.17, 15) is 31.2 Å². The van der Waals surface area contributed by atoms with E-state index in [1.54, 1.807) is 0 Å². The molecular formula is C22H23F3N2O5S. The van der Waals surface area contributed by atoms with Gasteiger partial charge in [-0.15, -0.1) is 0 Å². The van der Waals surface area contributed by atoms with Crippen molar-refractivity contribution in [2.24, 2.45) is 0 Å². The number of esters is 1. The quantitative estimate of drug-likeness (QED) is 0.441. The number of carbonyl (C=O) groups excluding carboxylic acids is 2. The molecule has 1 aliphatic rings. The molecule has 0 radical (unpaired) electrons. The minimum Gasteiger partial charge on any atom is -0.454 e. The molecule has 1 heterocycles. The molecule has 1 aliphatic heterocycles. The molecule has 0 bridgehead atoms. The molecule has 11 heteroatoms. The Morgan fingerprint density at radius 2 is 1.73 bits per heavy atom. The van der Waals surface area contributed by atoms with Crippen LogP contribution in [0.5, 0.6) is 0 Å². The number of rotatable bonds is 7. The standard InChI is InChI=1S/C22H23F3N2O5S/c1-26(2)33(30,31)17-8-9-19(27-10-3-4-11-27)18(13-17)21(29)32-14-20(28)15-6-5-7-16(12-15)22(23,24)25/h5-9,12-13H,3-4,10-11,14H2,1-2H3. The summed E-state index contributed by atoms with van der Waals surface area (Å²) in [5.41, 5.74) is -0.794. The van der Waals surface area contributed by atoms with Gasteiger partial charge in [-0.05, 0) is 43.2 Å². The van der Waals surface area contributed by atoms with Gasteiger partial charge in [0.05, 0.1) is 21.7 Å². The van der Waals surface area contributed by atoms with Crippen LogP contribution in [0.25, 0.3) is 0 Å². The molecule has 0 aliphatic carbocycles. The highest BCUT2D eigenvalue weighted by Gasteiger charge is 2.31. The first-order chi connectivity index (χ1) is 15.4. The van der Waals surface area contributed by atoms with E-state index in [0.29, 0.717) is 24.8 Å². The van der Waals surface area contributed by atoms with Crippen molar-refractivity contribution in [3.63, 3.8) is 0 Å². The maximum Gasteiger partial charge on any atom is 0.416 e. The van der Waals surface area contributed by atoms with Crippen LogP contribution < -0.4 is 4.90 Å². The fourth-order valence-electron chi connectivity index (χ4n) is 3.44. The highest BCUT2D eigenvalue weighted by Crippen LogP contribution is 2.30. The fraction of sp³-hybridized carbons (Fsp3) is 0.364. The van der Waals surface area contributed by atoms with Gasteiger partial charge in [-0.1, -0.05) is 12.1 Å². The number of hydrogen-bond acceptors (Lipinski definition) is 6. The molecule has 3 rings (SSSR count). The predicted octanol–water partition coefficient (Wildman–Crippen LogP) is 3.60. The highest BCUT2D eigenvalue weighted by molar-refractivity contribution is 7.89. The van der Waals surface area contributed by atoms with Crippen molar-refractivity contribution in [3.05, 3.63) is 59.2 Å². The van der Waals surface area contributed by atoms with Gasteiger partial charge >= 0.3 is 12.1 Å². The van der Waals surface area contributed by atoms with Gasteiger partial charge in [0.25, 0.3) is 0 Å². The third kappa shape index (κ3) is 5.53. The third-order valence-corrected chi connectivity index (χ3v) is 7.07. The maximum absolute atomic E-state index is 12.9. The first-order valence-corrected chi connectivity index (χ1v) is 11.5. The van der Waals surface area contributed by atoms with E-state index < -0.39 is 40.1 Å². The first kappa shape index (κ1) is 24.7. The predicted molar refractivity (Wildman–Crippen MR) is 115 cm³/mol. The molecule has 33 heavy (non-hydrogen) atoms. The monoisotopic (exact) mass is 484 g/mol. The van der Waals surface area contributed by atoms with Gasteiger partial charge in [-0.25, -0.2) is 17.5 Å². The molecule has 0 spiro atoms. The molecule has 2 aromatic carbocycles. The zero-order valence-corrected chi connectivity index (χ0v) is 18.9. The summed E-state index contributed by atoms with van der Waals surface area (Å²) in [6.45, 7) is 0.552. The number of hydrogen-bond donors (Lipinski definition) is 0. The average Bonchev–Trinajstić information content (AvgIpc) is 3.31. The number of Topliss-reactive ketones (excluding diaryl/α,β-unsaturated/α-hetero) is 1. The Morgan fingerprint density at radius 1 is 1.06 bits per heavy atom. The second kappa shape index (κ2) is 9.52. The fourth-order valence-corrected chi connectivity index (χ4v) is 4.37. The van der Waals surface area contributed by atoms with E-state index in [4.69, 9.17) is 4.74 Å². The van der Waals surface area contributed by atoms with Crippen LogP contribution in [0, 0.1) is 0 Å². The van der Waals surface area contributed by atoms with Crippen LogP contribution in [0.3, 0.4) is 0 Å². The number of carbonyl (C=O) groups is 2. The number of alkyl halides is 3. The van der Waals surface area contributed by atoms with Crippen LogP contribution in [0.4, 0.5) is 18.9 Å². The van der Waals surface area contributed by atoms with Gasteiger partial charge in [0, 0.05) is 32.7 Å². The number of benzene rings is 2. The summed E-state index contributed by atoms with van der Waals surface area (Å²) in [5, 5.41) is 0. The first-order valence-electron chi connectivity index (χ1n) is 10.1. The zero-order valence-electron chi connectivity index (χ0n) is 18.1. The number of nitrogens with zero attached hydrogens (tertiary/aromatic N) is 2. The van der Waals surface area contributed by atoms with E-state index in [1.807, 2.05) is 4.90 Å². The number of ether oxygens (including phenoxy) is 1. The van der Waals surface area contributed by atoms with Crippen molar-refractivity contribution in [1.29, 1.82) is 0 Å². The molecule has 1 saturated heterocycles. The van der Waals surface area contributed by atoms with Crippen LogP contribution in [-0.2, 0) is 20.9 Å². The molecule has 0 atom stereocenters. The number of sulfonamides is 1. The average molecular weight is 484 g/mol. The summed E-state index contributed by atoms with van der Waals surface area (Å²) >= 11 is 0. The molecule has 0 unspecified atom stereocenters. The maximum atomic E-state index is 12.9. The second-order valence-electron chi connectivity index (χ2n) is 7.74. The molecular weight excluding hydrogens is 461 g/mol. The summed E-state index contributed by atoms with van der Waals surface area (Å²) in [5.74, 6) is -1.75. The molecule has 0 N–H and O–H groups in total.